The van der Waals surface area contributed by atoms with Crippen LogP contribution in [0.4, 0.5) is 0 Å². The lowest BCUT2D eigenvalue weighted by Gasteiger charge is -2.12. The lowest BCUT2D eigenvalue weighted by molar-refractivity contribution is -0.121. The van der Waals surface area contributed by atoms with Crippen molar-refractivity contribution in [1.29, 1.82) is 0 Å². The average Bonchev–Trinajstić information content (AvgIpc) is 2.69. The number of carbonyl (C=O) groups excluding carboxylic acids is 1. The molecule has 4 nitrogen and oxygen atoms in total. The normalized spacial score (nSPS) is 13.4. The van der Waals surface area contributed by atoms with E-state index in [2.05, 4.69) is 19.2 Å². The van der Waals surface area contributed by atoms with Crippen molar-refractivity contribution in [3.63, 3.8) is 0 Å². The fraction of sp³-hybridized carbons (Fsp3) is 0.958. The maximum Gasteiger partial charge on any atom is 0.220 e. The fourth-order valence-electron chi connectivity index (χ4n) is 3.54. The van der Waals surface area contributed by atoms with Crippen molar-refractivity contribution in [2.45, 2.75) is 142 Å². The molecular formula is C24H49NO3. The standard InChI is InChI=1S/C24H49NO3/c1-3-5-7-8-9-10-11-12-14-18-22(26)19-15-13-16-20-24(28)25-21-23(27)17-6-4-2/h22-23,26-27H,3-21H2,1-2H3,(H,25,28). The fourth-order valence-corrected chi connectivity index (χ4v) is 3.54. The van der Waals surface area contributed by atoms with Crippen molar-refractivity contribution in [2.24, 2.45) is 0 Å². The zero-order chi connectivity index (χ0) is 20.9. The van der Waals surface area contributed by atoms with Crippen LogP contribution in [0, 0.1) is 0 Å². The molecule has 2 unspecified atom stereocenters. The van der Waals surface area contributed by atoms with Gasteiger partial charge in [-0.25, -0.2) is 0 Å². The molecule has 0 aliphatic carbocycles. The minimum absolute atomic E-state index is 0.0331. The van der Waals surface area contributed by atoms with Crippen molar-refractivity contribution >= 4 is 5.91 Å². The predicted octanol–water partition coefficient (Wildman–Crippen LogP) is 5.89. The van der Waals surface area contributed by atoms with Crippen molar-refractivity contribution in [3.05, 3.63) is 0 Å². The predicted molar refractivity (Wildman–Crippen MR) is 119 cm³/mol. The van der Waals surface area contributed by atoms with Gasteiger partial charge in [0, 0.05) is 13.0 Å². The summed E-state index contributed by atoms with van der Waals surface area (Å²) < 4.78 is 0. The van der Waals surface area contributed by atoms with Crippen LogP contribution in [0.15, 0.2) is 0 Å². The van der Waals surface area contributed by atoms with Crippen LogP contribution in [0.2, 0.25) is 0 Å². The Kier molecular flexibility index (Phi) is 20.6. The maximum absolute atomic E-state index is 11.7. The molecule has 0 rings (SSSR count). The lowest BCUT2D eigenvalue weighted by Crippen LogP contribution is -2.31. The number of hydrogen-bond donors (Lipinski definition) is 3. The van der Waals surface area contributed by atoms with Gasteiger partial charge >= 0.3 is 0 Å². The summed E-state index contributed by atoms with van der Waals surface area (Å²) in [4.78, 5) is 11.7. The Morgan fingerprint density at radius 2 is 1.11 bits per heavy atom. The Labute approximate surface area is 174 Å². The highest BCUT2D eigenvalue weighted by Crippen LogP contribution is 2.14. The highest BCUT2D eigenvalue weighted by Gasteiger charge is 2.07. The molecule has 0 spiro atoms. The molecule has 0 fully saturated rings. The van der Waals surface area contributed by atoms with E-state index >= 15 is 0 Å². The van der Waals surface area contributed by atoms with E-state index in [9.17, 15) is 15.0 Å². The highest BCUT2D eigenvalue weighted by atomic mass is 16.3. The Morgan fingerprint density at radius 1 is 0.643 bits per heavy atom. The van der Waals surface area contributed by atoms with Gasteiger partial charge in [-0.3, -0.25) is 4.79 Å². The summed E-state index contributed by atoms with van der Waals surface area (Å²) in [7, 11) is 0. The number of nitrogens with one attached hydrogen (secondary N) is 1. The second-order valence-corrected chi connectivity index (χ2v) is 8.47. The third kappa shape index (κ3) is 20.1. The third-order valence-corrected chi connectivity index (χ3v) is 5.51. The number of aliphatic hydroxyl groups is 2. The van der Waals surface area contributed by atoms with Gasteiger partial charge in [0.1, 0.15) is 0 Å². The first-order chi connectivity index (χ1) is 13.6. The third-order valence-electron chi connectivity index (χ3n) is 5.51. The van der Waals surface area contributed by atoms with Crippen molar-refractivity contribution in [3.8, 4) is 0 Å². The molecule has 2 atom stereocenters. The summed E-state index contributed by atoms with van der Waals surface area (Å²) in [5, 5.41) is 22.6. The van der Waals surface area contributed by atoms with Crippen LogP contribution in [-0.2, 0) is 4.79 Å². The minimum atomic E-state index is -0.417. The molecule has 0 aliphatic rings. The summed E-state index contributed by atoms with van der Waals surface area (Å²) in [6, 6.07) is 0. The summed E-state index contributed by atoms with van der Waals surface area (Å²) in [5.74, 6) is 0.0331. The molecule has 0 heterocycles. The van der Waals surface area contributed by atoms with E-state index in [-0.39, 0.29) is 12.0 Å². The van der Waals surface area contributed by atoms with E-state index in [0.29, 0.717) is 13.0 Å². The molecule has 0 aromatic rings. The Hall–Kier alpha value is -0.610. The van der Waals surface area contributed by atoms with Gasteiger partial charge in [0.2, 0.25) is 5.91 Å². The van der Waals surface area contributed by atoms with Gasteiger partial charge in [0.25, 0.3) is 0 Å². The summed E-state index contributed by atoms with van der Waals surface area (Å²) in [6.07, 6.45) is 19.2. The monoisotopic (exact) mass is 399 g/mol. The summed E-state index contributed by atoms with van der Waals surface area (Å²) in [5.41, 5.74) is 0. The van der Waals surface area contributed by atoms with E-state index in [1.807, 2.05) is 0 Å². The van der Waals surface area contributed by atoms with Crippen LogP contribution in [0.1, 0.15) is 129 Å². The van der Waals surface area contributed by atoms with Gasteiger partial charge in [0.15, 0.2) is 0 Å². The first-order valence-electron chi connectivity index (χ1n) is 12.2. The molecule has 0 saturated heterocycles. The van der Waals surface area contributed by atoms with Gasteiger partial charge in [-0.15, -0.1) is 0 Å². The number of amides is 1. The molecular weight excluding hydrogens is 350 g/mol. The molecule has 1 amide bonds. The first-order valence-corrected chi connectivity index (χ1v) is 12.2. The molecule has 4 heteroatoms. The Balaban J connectivity index is 3.36. The van der Waals surface area contributed by atoms with E-state index in [4.69, 9.17) is 0 Å². The van der Waals surface area contributed by atoms with Crippen molar-refractivity contribution in [1.82, 2.24) is 5.32 Å². The number of unbranched alkanes of at least 4 members (excludes halogenated alkanes) is 11. The zero-order valence-electron chi connectivity index (χ0n) is 18.9. The lowest BCUT2D eigenvalue weighted by atomic mass is 10.0. The molecule has 0 aromatic heterocycles. The molecule has 0 bridgehead atoms. The number of aliphatic hydroxyl groups excluding tert-OH is 2. The first kappa shape index (κ1) is 27.4. The van der Waals surface area contributed by atoms with E-state index in [1.165, 1.54) is 51.4 Å². The van der Waals surface area contributed by atoms with Crippen molar-refractivity contribution in [2.75, 3.05) is 6.54 Å². The highest BCUT2D eigenvalue weighted by molar-refractivity contribution is 5.75. The van der Waals surface area contributed by atoms with Crippen molar-refractivity contribution < 1.29 is 15.0 Å². The largest absolute Gasteiger partial charge is 0.393 e. The van der Waals surface area contributed by atoms with Gasteiger partial charge in [-0.2, -0.15) is 0 Å². The topological polar surface area (TPSA) is 69.6 Å². The number of carbonyl (C=O) groups is 1. The van der Waals surface area contributed by atoms with Crippen LogP contribution in [0.5, 0.6) is 0 Å². The van der Waals surface area contributed by atoms with Gasteiger partial charge in [-0.05, 0) is 25.7 Å². The number of rotatable bonds is 21. The quantitative estimate of drug-likeness (QED) is 0.211. The molecule has 0 radical (unpaired) electrons. The minimum Gasteiger partial charge on any atom is -0.393 e. The van der Waals surface area contributed by atoms with Gasteiger partial charge in [-0.1, -0.05) is 97.3 Å². The summed E-state index contributed by atoms with van der Waals surface area (Å²) in [6.45, 7) is 4.72. The molecule has 0 aromatic carbocycles. The van der Waals surface area contributed by atoms with E-state index in [1.54, 1.807) is 0 Å². The van der Waals surface area contributed by atoms with E-state index < -0.39 is 6.10 Å². The van der Waals surface area contributed by atoms with Gasteiger partial charge in [0.05, 0.1) is 12.2 Å². The SMILES string of the molecule is CCCCCCCCCCCC(O)CCCCCC(=O)NCC(O)CCCC. The second kappa shape index (κ2) is 21.1. The molecule has 168 valence electrons. The molecule has 0 saturated carbocycles. The maximum atomic E-state index is 11.7. The Morgan fingerprint density at radius 3 is 1.68 bits per heavy atom. The molecule has 0 aliphatic heterocycles. The second-order valence-electron chi connectivity index (χ2n) is 8.47. The van der Waals surface area contributed by atoms with Crippen LogP contribution >= 0.6 is 0 Å². The average molecular weight is 400 g/mol. The molecule has 3 N–H and O–H groups in total. The smallest absolute Gasteiger partial charge is 0.220 e. The van der Waals surface area contributed by atoms with Crippen LogP contribution < -0.4 is 5.32 Å². The van der Waals surface area contributed by atoms with E-state index in [0.717, 1.165) is 57.8 Å². The Bertz CT molecular complexity index is 336. The van der Waals surface area contributed by atoms with Crippen LogP contribution in [-0.4, -0.2) is 34.9 Å². The van der Waals surface area contributed by atoms with Gasteiger partial charge < -0.3 is 15.5 Å². The summed E-state index contributed by atoms with van der Waals surface area (Å²) >= 11 is 0. The zero-order valence-corrected chi connectivity index (χ0v) is 18.9. The van der Waals surface area contributed by atoms with Crippen LogP contribution in [0.3, 0.4) is 0 Å². The molecule has 28 heavy (non-hydrogen) atoms. The van der Waals surface area contributed by atoms with Crippen LogP contribution in [0.25, 0.3) is 0 Å². The number of hydrogen-bond acceptors (Lipinski definition) is 3.